The minimum Gasteiger partial charge on any atom is -0.302 e. The number of nitrogens with zero attached hydrogens (tertiary/aromatic N) is 2. The highest BCUT2D eigenvalue weighted by Gasteiger charge is 2.09. The summed E-state index contributed by atoms with van der Waals surface area (Å²) in [7, 11) is 0. The molecule has 3 aromatic rings. The van der Waals surface area contributed by atoms with Gasteiger partial charge in [0.15, 0.2) is 5.13 Å². The third-order valence-corrected chi connectivity index (χ3v) is 4.22. The van der Waals surface area contributed by atoms with Crippen LogP contribution in [0.4, 0.5) is 5.13 Å². The molecule has 0 saturated carbocycles. The average molecular weight is 301 g/mol. The first-order valence-corrected chi connectivity index (χ1v) is 7.76. The zero-order chi connectivity index (χ0) is 13.8. The fraction of sp³-hybridized carbons (Fsp3) is 0.0714. The lowest BCUT2D eigenvalue weighted by Crippen LogP contribution is -2.14. The highest BCUT2D eigenvalue weighted by atomic mass is 32.1. The number of benzene rings is 1. The highest BCUT2D eigenvalue weighted by molar-refractivity contribution is 7.13. The van der Waals surface area contributed by atoms with Crippen molar-refractivity contribution in [2.75, 3.05) is 5.32 Å². The van der Waals surface area contributed by atoms with Gasteiger partial charge in [0.25, 0.3) is 0 Å². The van der Waals surface area contributed by atoms with Crippen LogP contribution in [0.25, 0.3) is 10.6 Å². The van der Waals surface area contributed by atoms with E-state index in [1.54, 1.807) is 17.5 Å². The lowest BCUT2D eigenvalue weighted by Gasteiger charge is -1.98. The minimum atomic E-state index is -0.0927. The van der Waals surface area contributed by atoms with E-state index in [0.717, 1.165) is 16.3 Å². The molecule has 0 aliphatic rings. The molecule has 1 N–H and O–H groups in total. The molecule has 100 valence electrons. The fourth-order valence-electron chi connectivity index (χ4n) is 1.71. The van der Waals surface area contributed by atoms with Crippen molar-refractivity contribution in [2.24, 2.45) is 0 Å². The van der Waals surface area contributed by atoms with Gasteiger partial charge in [-0.25, -0.2) is 9.97 Å². The molecule has 1 aromatic carbocycles. The van der Waals surface area contributed by atoms with Crippen molar-refractivity contribution in [1.29, 1.82) is 0 Å². The average Bonchev–Trinajstić information content (AvgIpc) is 3.11. The fourth-order valence-corrected chi connectivity index (χ4v) is 3.09. The maximum absolute atomic E-state index is 11.8. The predicted octanol–water partition coefficient (Wildman–Crippen LogP) is 3.45. The van der Waals surface area contributed by atoms with Crippen LogP contribution in [0.5, 0.6) is 0 Å². The number of carbonyl (C=O) groups excluding carboxylic acids is 1. The Kier molecular flexibility index (Phi) is 3.85. The molecule has 20 heavy (non-hydrogen) atoms. The lowest BCUT2D eigenvalue weighted by atomic mass is 10.2. The first-order chi connectivity index (χ1) is 9.81. The number of hydrogen-bond acceptors (Lipinski definition) is 5. The molecule has 0 saturated heterocycles. The normalized spacial score (nSPS) is 10.4. The molecule has 0 aliphatic heterocycles. The van der Waals surface area contributed by atoms with E-state index in [-0.39, 0.29) is 12.3 Å². The van der Waals surface area contributed by atoms with E-state index in [4.69, 9.17) is 0 Å². The monoisotopic (exact) mass is 301 g/mol. The van der Waals surface area contributed by atoms with Gasteiger partial charge in [0.05, 0.1) is 12.1 Å². The van der Waals surface area contributed by atoms with Gasteiger partial charge in [-0.05, 0) is 0 Å². The molecular weight excluding hydrogens is 290 g/mol. The Morgan fingerprint density at radius 3 is 2.80 bits per heavy atom. The number of rotatable bonds is 4. The number of carbonyl (C=O) groups is 1. The van der Waals surface area contributed by atoms with Gasteiger partial charge in [-0.3, -0.25) is 4.79 Å². The van der Waals surface area contributed by atoms with E-state index in [0.29, 0.717) is 5.13 Å². The molecule has 0 atom stereocenters. The van der Waals surface area contributed by atoms with Crippen molar-refractivity contribution >= 4 is 33.7 Å². The van der Waals surface area contributed by atoms with Crippen LogP contribution in [-0.4, -0.2) is 15.9 Å². The van der Waals surface area contributed by atoms with Gasteiger partial charge in [-0.2, -0.15) is 0 Å². The first kappa shape index (κ1) is 13.0. The van der Waals surface area contributed by atoms with Gasteiger partial charge in [-0.15, -0.1) is 22.7 Å². The minimum absolute atomic E-state index is 0.0927. The second-order valence-corrected chi connectivity index (χ2v) is 5.82. The Balaban J connectivity index is 1.67. The van der Waals surface area contributed by atoms with Gasteiger partial charge in [0.2, 0.25) is 5.91 Å². The molecule has 0 bridgehead atoms. The smallest absolute Gasteiger partial charge is 0.232 e. The van der Waals surface area contributed by atoms with E-state index >= 15 is 0 Å². The SMILES string of the molecule is O=C(Cc1csc(-c2ccccc2)n1)Nc1nccs1. The van der Waals surface area contributed by atoms with Crippen LogP contribution in [0.1, 0.15) is 5.69 Å². The van der Waals surface area contributed by atoms with Crippen molar-refractivity contribution in [3.05, 3.63) is 53.0 Å². The molecule has 6 heteroatoms. The van der Waals surface area contributed by atoms with Crippen molar-refractivity contribution in [3.63, 3.8) is 0 Å². The van der Waals surface area contributed by atoms with Crippen LogP contribution >= 0.6 is 22.7 Å². The number of aromatic nitrogens is 2. The second kappa shape index (κ2) is 5.94. The number of anilines is 1. The molecule has 2 aromatic heterocycles. The second-order valence-electron chi connectivity index (χ2n) is 4.07. The quantitative estimate of drug-likeness (QED) is 0.803. The molecule has 2 heterocycles. The molecular formula is C14H11N3OS2. The molecule has 0 radical (unpaired) electrons. The Morgan fingerprint density at radius 2 is 2.05 bits per heavy atom. The van der Waals surface area contributed by atoms with Crippen LogP contribution < -0.4 is 5.32 Å². The Hall–Kier alpha value is -2.05. The van der Waals surface area contributed by atoms with E-state index < -0.39 is 0 Å². The Morgan fingerprint density at radius 1 is 1.20 bits per heavy atom. The van der Waals surface area contributed by atoms with Crippen molar-refractivity contribution < 1.29 is 4.79 Å². The summed E-state index contributed by atoms with van der Waals surface area (Å²) < 4.78 is 0. The maximum Gasteiger partial charge on any atom is 0.232 e. The number of amides is 1. The molecule has 1 amide bonds. The number of thiazole rings is 2. The summed E-state index contributed by atoms with van der Waals surface area (Å²) in [6.07, 6.45) is 1.93. The van der Waals surface area contributed by atoms with Crippen molar-refractivity contribution in [2.45, 2.75) is 6.42 Å². The first-order valence-electron chi connectivity index (χ1n) is 6.00. The predicted molar refractivity (Wildman–Crippen MR) is 82.0 cm³/mol. The third-order valence-electron chi connectivity index (χ3n) is 2.59. The van der Waals surface area contributed by atoms with Gasteiger partial charge < -0.3 is 5.32 Å². The maximum atomic E-state index is 11.8. The summed E-state index contributed by atoms with van der Waals surface area (Å²) in [5.41, 5.74) is 1.85. The molecule has 0 spiro atoms. The van der Waals surface area contributed by atoms with Gasteiger partial charge in [0.1, 0.15) is 5.01 Å². The molecule has 4 nitrogen and oxygen atoms in total. The standard InChI is InChI=1S/C14H11N3OS2/c18-12(17-14-15-6-7-19-14)8-11-9-20-13(16-11)10-4-2-1-3-5-10/h1-7,9H,8H2,(H,15,17,18). The summed E-state index contributed by atoms with van der Waals surface area (Å²) in [5, 5.41) is 8.05. The van der Waals surface area contributed by atoms with E-state index in [1.165, 1.54) is 11.3 Å². The van der Waals surface area contributed by atoms with E-state index in [2.05, 4.69) is 15.3 Å². The Labute approximate surface area is 124 Å². The number of hydrogen-bond donors (Lipinski definition) is 1. The van der Waals surface area contributed by atoms with Crippen LogP contribution in [0, 0.1) is 0 Å². The van der Waals surface area contributed by atoms with E-state index in [1.807, 2.05) is 41.1 Å². The van der Waals surface area contributed by atoms with Crippen LogP contribution in [-0.2, 0) is 11.2 Å². The molecule has 0 unspecified atom stereocenters. The zero-order valence-corrected chi connectivity index (χ0v) is 12.1. The van der Waals surface area contributed by atoms with Crippen molar-refractivity contribution in [1.82, 2.24) is 9.97 Å². The van der Waals surface area contributed by atoms with Gasteiger partial charge in [0, 0.05) is 22.5 Å². The summed E-state index contributed by atoms with van der Waals surface area (Å²) in [5.74, 6) is -0.0927. The number of nitrogens with one attached hydrogen (secondary N) is 1. The summed E-state index contributed by atoms with van der Waals surface area (Å²) >= 11 is 2.95. The summed E-state index contributed by atoms with van der Waals surface area (Å²) in [6.45, 7) is 0. The Bertz CT molecular complexity index is 692. The molecule has 0 aliphatic carbocycles. The van der Waals surface area contributed by atoms with Crippen LogP contribution in [0.15, 0.2) is 47.3 Å². The molecule has 0 fully saturated rings. The van der Waals surface area contributed by atoms with E-state index in [9.17, 15) is 4.79 Å². The lowest BCUT2D eigenvalue weighted by molar-refractivity contribution is -0.115. The molecule has 3 rings (SSSR count). The highest BCUT2D eigenvalue weighted by Crippen LogP contribution is 2.23. The zero-order valence-electron chi connectivity index (χ0n) is 10.4. The largest absolute Gasteiger partial charge is 0.302 e. The van der Waals surface area contributed by atoms with Gasteiger partial charge >= 0.3 is 0 Å². The van der Waals surface area contributed by atoms with Crippen molar-refractivity contribution in [3.8, 4) is 10.6 Å². The topological polar surface area (TPSA) is 54.9 Å². The summed E-state index contributed by atoms with van der Waals surface area (Å²) in [4.78, 5) is 20.4. The summed E-state index contributed by atoms with van der Waals surface area (Å²) in [6, 6.07) is 9.95. The van der Waals surface area contributed by atoms with Crippen LogP contribution in [0.3, 0.4) is 0 Å². The third kappa shape index (κ3) is 3.09. The van der Waals surface area contributed by atoms with Gasteiger partial charge in [-0.1, -0.05) is 30.3 Å². The van der Waals surface area contributed by atoms with Crippen LogP contribution in [0.2, 0.25) is 0 Å².